The van der Waals surface area contributed by atoms with Gasteiger partial charge in [-0.05, 0) is 47.7 Å². The van der Waals surface area contributed by atoms with Gasteiger partial charge in [0.25, 0.3) is 0 Å². The second kappa shape index (κ2) is 16.9. The second-order valence-corrected chi connectivity index (χ2v) is 12.4. The van der Waals surface area contributed by atoms with Crippen molar-refractivity contribution in [3.05, 3.63) is 138 Å². The normalized spacial score (nSPS) is 22.5. The van der Waals surface area contributed by atoms with Crippen LogP contribution in [0, 0.1) is 0 Å². The molecule has 6 rings (SSSR count). The highest BCUT2D eigenvalue weighted by molar-refractivity contribution is 5.28. The van der Waals surface area contributed by atoms with E-state index in [2.05, 4.69) is 109 Å². The minimum atomic E-state index is -0.222. The van der Waals surface area contributed by atoms with Crippen LogP contribution in [0.2, 0.25) is 0 Å². The molecule has 2 saturated heterocycles. The predicted molar refractivity (Wildman–Crippen MR) is 181 cm³/mol. The summed E-state index contributed by atoms with van der Waals surface area (Å²) in [4.78, 5) is 2.51. The van der Waals surface area contributed by atoms with Crippen LogP contribution in [0.25, 0.3) is 0 Å². The van der Waals surface area contributed by atoms with Gasteiger partial charge in [-0.15, -0.1) is 0 Å². The number of nitrogens with zero attached hydrogens (tertiary/aromatic N) is 1. The van der Waals surface area contributed by atoms with Crippen LogP contribution in [-0.4, -0.2) is 61.7 Å². The molecule has 0 unspecified atom stereocenters. The van der Waals surface area contributed by atoms with Crippen molar-refractivity contribution in [1.29, 1.82) is 0 Å². The Morgan fingerprint density at radius 2 is 1.13 bits per heavy atom. The molecule has 46 heavy (non-hydrogen) atoms. The molecule has 0 spiro atoms. The summed E-state index contributed by atoms with van der Waals surface area (Å²) in [5.41, 5.74) is 4.74. The van der Waals surface area contributed by atoms with Crippen LogP contribution in [-0.2, 0) is 45.2 Å². The van der Waals surface area contributed by atoms with E-state index in [0.717, 1.165) is 68.0 Å². The molecular weight excluding hydrogens is 574 g/mol. The fraction of sp³-hybridized carbons (Fsp3) is 0.400. The Kier molecular flexibility index (Phi) is 11.9. The highest BCUT2D eigenvalue weighted by Crippen LogP contribution is 2.29. The molecule has 2 aliphatic rings. The Morgan fingerprint density at radius 1 is 0.609 bits per heavy atom. The van der Waals surface area contributed by atoms with Crippen molar-refractivity contribution in [2.75, 3.05) is 26.3 Å². The summed E-state index contributed by atoms with van der Waals surface area (Å²) in [5.74, 6) is 0.934. The van der Waals surface area contributed by atoms with Crippen molar-refractivity contribution in [3.63, 3.8) is 0 Å². The Morgan fingerprint density at radius 3 is 1.70 bits per heavy atom. The summed E-state index contributed by atoms with van der Waals surface area (Å²) < 4.78 is 31.9. The molecular formula is C40H47NO5. The van der Waals surface area contributed by atoms with E-state index < -0.39 is 0 Å². The molecule has 242 valence electrons. The van der Waals surface area contributed by atoms with Crippen LogP contribution in [0.3, 0.4) is 0 Å². The number of benzene rings is 4. The van der Waals surface area contributed by atoms with Crippen LogP contribution >= 0.6 is 0 Å². The molecule has 0 aliphatic carbocycles. The van der Waals surface area contributed by atoms with E-state index in [9.17, 15) is 0 Å². The minimum Gasteiger partial charge on any atom is -0.490 e. The van der Waals surface area contributed by atoms with Gasteiger partial charge in [0.05, 0.1) is 39.1 Å². The van der Waals surface area contributed by atoms with E-state index in [4.69, 9.17) is 23.7 Å². The van der Waals surface area contributed by atoms with Crippen molar-refractivity contribution in [3.8, 4) is 5.75 Å². The highest BCUT2D eigenvalue weighted by Gasteiger charge is 2.44. The van der Waals surface area contributed by atoms with Crippen molar-refractivity contribution in [1.82, 2.24) is 4.90 Å². The van der Waals surface area contributed by atoms with Gasteiger partial charge in [0.1, 0.15) is 24.1 Å². The van der Waals surface area contributed by atoms with Crippen molar-refractivity contribution >= 4 is 0 Å². The van der Waals surface area contributed by atoms with Gasteiger partial charge in [-0.2, -0.15) is 0 Å². The molecule has 4 aromatic rings. The van der Waals surface area contributed by atoms with Crippen LogP contribution in [0.15, 0.2) is 115 Å². The van der Waals surface area contributed by atoms with E-state index in [-0.39, 0.29) is 30.5 Å². The summed E-state index contributed by atoms with van der Waals surface area (Å²) in [7, 11) is 0. The van der Waals surface area contributed by atoms with E-state index in [1.165, 1.54) is 5.56 Å². The Bertz CT molecular complexity index is 1410. The van der Waals surface area contributed by atoms with E-state index in [0.29, 0.717) is 19.8 Å². The first-order valence-corrected chi connectivity index (χ1v) is 16.8. The summed E-state index contributed by atoms with van der Waals surface area (Å²) in [6.45, 7) is 7.05. The lowest BCUT2D eigenvalue weighted by Crippen LogP contribution is -2.62. The summed E-state index contributed by atoms with van der Waals surface area (Å²) >= 11 is 0. The predicted octanol–water partition coefficient (Wildman–Crippen LogP) is 7.25. The molecule has 4 aromatic carbocycles. The summed E-state index contributed by atoms with van der Waals surface area (Å²) in [6, 6.07) is 39.9. The third-order valence-electron chi connectivity index (χ3n) is 9.12. The van der Waals surface area contributed by atoms with Gasteiger partial charge >= 0.3 is 0 Å². The van der Waals surface area contributed by atoms with Crippen LogP contribution in [0.4, 0.5) is 0 Å². The zero-order valence-corrected chi connectivity index (χ0v) is 26.9. The Labute approximate surface area is 274 Å². The van der Waals surface area contributed by atoms with Gasteiger partial charge < -0.3 is 23.7 Å². The van der Waals surface area contributed by atoms with Crippen molar-refractivity contribution < 1.29 is 23.7 Å². The van der Waals surface area contributed by atoms with E-state index in [1.54, 1.807) is 0 Å². The fourth-order valence-electron chi connectivity index (χ4n) is 6.38. The third-order valence-corrected chi connectivity index (χ3v) is 9.12. The molecule has 4 atom stereocenters. The highest BCUT2D eigenvalue weighted by atomic mass is 16.6. The Balaban J connectivity index is 1.17. The van der Waals surface area contributed by atoms with Gasteiger partial charge in [-0.3, -0.25) is 4.90 Å². The van der Waals surface area contributed by atoms with Gasteiger partial charge in [0.15, 0.2) is 0 Å². The number of likely N-dealkylation sites (tertiary alicyclic amines) is 1. The van der Waals surface area contributed by atoms with E-state index >= 15 is 0 Å². The zero-order valence-electron chi connectivity index (χ0n) is 26.9. The molecule has 0 saturated carbocycles. The number of ether oxygens (including phenoxy) is 5. The number of piperidine rings is 1. The molecule has 0 N–H and O–H groups in total. The molecule has 0 amide bonds. The number of hydrogen-bond donors (Lipinski definition) is 0. The minimum absolute atomic E-state index is 0.136. The lowest BCUT2D eigenvalue weighted by molar-refractivity contribution is -0.200. The molecule has 6 heteroatoms. The monoisotopic (exact) mass is 621 g/mol. The largest absolute Gasteiger partial charge is 0.490 e. The molecule has 0 radical (unpaired) electrons. The average Bonchev–Trinajstić information content (AvgIpc) is 3.11. The van der Waals surface area contributed by atoms with Crippen LogP contribution < -0.4 is 4.74 Å². The van der Waals surface area contributed by atoms with Crippen molar-refractivity contribution in [2.45, 2.75) is 76.5 Å². The zero-order chi connectivity index (χ0) is 31.4. The summed E-state index contributed by atoms with van der Waals surface area (Å²) in [5, 5.41) is 0. The van der Waals surface area contributed by atoms with Crippen LogP contribution in [0.5, 0.6) is 5.75 Å². The quantitative estimate of drug-likeness (QED) is 0.148. The third kappa shape index (κ3) is 9.27. The lowest BCUT2D eigenvalue weighted by atomic mass is 9.93. The van der Waals surface area contributed by atoms with Gasteiger partial charge in [0.2, 0.25) is 0 Å². The first-order chi connectivity index (χ1) is 22.7. The van der Waals surface area contributed by atoms with E-state index in [1.807, 2.05) is 18.2 Å². The van der Waals surface area contributed by atoms with Gasteiger partial charge in [-0.25, -0.2) is 0 Å². The second-order valence-electron chi connectivity index (χ2n) is 12.4. The number of rotatable bonds is 14. The van der Waals surface area contributed by atoms with Crippen LogP contribution in [0.1, 0.15) is 42.0 Å². The first kappa shape index (κ1) is 32.4. The molecule has 2 heterocycles. The standard InChI is InChI=1S/C40H47NO5/c1-31-39(44-29-34-13-7-3-8-14-34)40(45-30-35-15-9-4-10-16-35)38(43-28-33-11-5-2-6-12-33)27-41(31)24-21-32-17-19-36(20-18-32)46-37-22-25-42-26-23-37/h2-20,31,37-40H,21-30H2,1H3/t31-,38+,39-,40-/m1/s1. The molecule has 0 aromatic heterocycles. The lowest BCUT2D eigenvalue weighted by Gasteiger charge is -2.47. The summed E-state index contributed by atoms with van der Waals surface area (Å²) in [6.07, 6.45) is 2.52. The van der Waals surface area contributed by atoms with Crippen molar-refractivity contribution in [2.24, 2.45) is 0 Å². The molecule has 6 nitrogen and oxygen atoms in total. The smallest absolute Gasteiger partial charge is 0.119 e. The maximum atomic E-state index is 6.76. The van der Waals surface area contributed by atoms with Gasteiger partial charge in [0, 0.05) is 32.0 Å². The Hall–Kier alpha value is -3.52. The maximum absolute atomic E-state index is 6.76. The first-order valence-electron chi connectivity index (χ1n) is 16.8. The van der Waals surface area contributed by atoms with Gasteiger partial charge in [-0.1, -0.05) is 103 Å². The molecule has 2 fully saturated rings. The maximum Gasteiger partial charge on any atom is 0.119 e. The topological polar surface area (TPSA) is 49.4 Å². The average molecular weight is 622 g/mol. The SMILES string of the molecule is C[C@@H]1[C@@H](OCc2ccccc2)[C@H](OCc2ccccc2)[C@@H](OCc2ccccc2)CN1CCc1ccc(OC2CCOCC2)cc1. The molecule has 0 bridgehead atoms. The fourth-order valence-corrected chi connectivity index (χ4v) is 6.38. The number of hydrogen-bond acceptors (Lipinski definition) is 6. The molecule has 2 aliphatic heterocycles.